The van der Waals surface area contributed by atoms with E-state index in [0.29, 0.717) is 106 Å². The quantitative estimate of drug-likeness (QED) is 0.101. The van der Waals surface area contributed by atoms with Gasteiger partial charge in [0.25, 0.3) is 0 Å². The number of rotatable bonds is 31. The lowest BCUT2D eigenvalue weighted by Crippen LogP contribution is -2.15. The van der Waals surface area contributed by atoms with Gasteiger partial charge in [0.1, 0.15) is 6.61 Å². The average Bonchev–Trinajstić information content (AvgIpc) is 2.88. The Morgan fingerprint density at radius 2 is 0.784 bits per heavy atom. The Bertz CT molecular complexity index is 492. The zero-order valence-corrected chi connectivity index (χ0v) is 22.5. The Kier molecular flexibility index (Phi) is 29.7. The molecule has 0 aromatic heterocycles. The van der Waals surface area contributed by atoms with Crippen LogP contribution < -0.4 is 0 Å². The van der Waals surface area contributed by atoms with Crippen molar-refractivity contribution in [2.45, 2.75) is 39.0 Å². The second-order valence-corrected chi connectivity index (χ2v) is 7.72. The van der Waals surface area contributed by atoms with Gasteiger partial charge in [-0.15, -0.1) is 0 Å². The molecule has 0 aliphatic carbocycles. The molecule has 0 heterocycles. The lowest BCUT2D eigenvalue weighted by atomic mass is 10.2. The van der Waals surface area contributed by atoms with E-state index in [0.717, 1.165) is 19.3 Å². The number of carbonyl (C=O) groups is 2. The highest BCUT2D eigenvalue weighted by molar-refractivity contribution is 5.69. The third-order valence-electron chi connectivity index (χ3n) is 4.54. The number of hydrogen-bond acceptors (Lipinski definition) is 11. The third-order valence-corrected chi connectivity index (χ3v) is 4.54. The Balaban J connectivity index is 3.07. The fraction of sp³-hybridized carbons (Fsp3) is 0.920. The van der Waals surface area contributed by atoms with Gasteiger partial charge in [-0.1, -0.05) is 19.8 Å². The van der Waals surface area contributed by atoms with Crippen LogP contribution in [0.15, 0.2) is 0 Å². The molecule has 0 rings (SSSR count). The first kappa shape index (κ1) is 35.6. The highest BCUT2D eigenvalue weighted by atomic mass is 16.6. The summed E-state index contributed by atoms with van der Waals surface area (Å²) in [7, 11) is 0. The van der Waals surface area contributed by atoms with Crippen molar-refractivity contribution in [1.82, 2.24) is 0 Å². The van der Waals surface area contributed by atoms with E-state index < -0.39 is 5.97 Å². The maximum absolute atomic E-state index is 11.4. The molecule has 0 saturated heterocycles. The first-order valence-corrected chi connectivity index (χ1v) is 13.2. The summed E-state index contributed by atoms with van der Waals surface area (Å²) in [6.07, 6.45) is 3.48. The van der Waals surface area contributed by atoms with Crippen molar-refractivity contribution in [1.29, 1.82) is 0 Å². The van der Waals surface area contributed by atoms with Gasteiger partial charge in [0.05, 0.1) is 112 Å². The van der Waals surface area contributed by atoms with Gasteiger partial charge in [0.2, 0.25) is 0 Å². The highest BCUT2D eigenvalue weighted by Crippen LogP contribution is 2.00. The van der Waals surface area contributed by atoms with Crippen molar-refractivity contribution < 1.29 is 57.3 Å². The predicted octanol–water partition coefficient (Wildman–Crippen LogP) is 1.72. The minimum absolute atomic E-state index is 0.00216. The minimum atomic E-state index is -0.875. The summed E-state index contributed by atoms with van der Waals surface area (Å²) in [5.41, 5.74) is 0. The molecule has 0 unspecified atom stereocenters. The van der Waals surface area contributed by atoms with Gasteiger partial charge >= 0.3 is 11.9 Å². The summed E-state index contributed by atoms with van der Waals surface area (Å²) in [5.74, 6) is -1.04. The summed E-state index contributed by atoms with van der Waals surface area (Å²) >= 11 is 0. The number of esters is 1. The van der Waals surface area contributed by atoms with E-state index in [4.69, 9.17) is 47.7 Å². The molecule has 220 valence electrons. The van der Waals surface area contributed by atoms with E-state index in [1.165, 1.54) is 0 Å². The summed E-state index contributed by atoms with van der Waals surface area (Å²) in [6.45, 7) is 9.36. The molecule has 1 N–H and O–H groups in total. The van der Waals surface area contributed by atoms with Gasteiger partial charge in [-0.25, -0.2) is 0 Å². The fourth-order valence-corrected chi connectivity index (χ4v) is 2.61. The molecule has 0 spiro atoms. The van der Waals surface area contributed by atoms with Crippen molar-refractivity contribution in [3.8, 4) is 0 Å². The van der Waals surface area contributed by atoms with Crippen LogP contribution in [-0.2, 0) is 52.2 Å². The Labute approximate surface area is 221 Å². The molecule has 0 bridgehead atoms. The molecule has 0 aromatic carbocycles. The lowest BCUT2D eigenvalue weighted by molar-refractivity contribution is -0.145. The fourth-order valence-electron chi connectivity index (χ4n) is 2.61. The van der Waals surface area contributed by atoms with Crippen molar-refractivity contribution in [3.05, 3.63) is 0 Å². The van der Waals surface area contributed by atoms with Crippen molar-refractivity contribution in [2.75, 3.05) is 112 Å². The summed E-state index contributed by atoms with van der Waals surface area (Å²) in [6, 6.07) is 0. The molecule has 37 heavy (non-hydrogen) atoms. The second kappa shape index (κ2) is 30.8. The number of carboxylic acid groups (broad SMARTS) is 1. The van der Waals surface area contributed by atoms with E-state index in [1.54, 1.807) is 0 Å². The van der Waals surface area contributed by atoms with Crippen LogP contribution in [0.25, 0.3) is 0 Å². The van der Waals surface area contributed by atoms with Gasteiger partial charge in [-0.2, -0.15) is 0 Å². The van der Waals surface area contributed by atoms with Crippen LogP contribution in [0.2, 0.25) is 0 Å². The Morgan fingerprint density at radius 1 is 0.459 bits per heavy atom. The smallest absolute Gasteiger partial charge is 0.305 e. The largest absolute Gasteiger partial charge is 0.481 e. The summed E-state index contributed by atoms with van der Waals surface area (Å²) < 4.78 is 47.9. The van der Waals surface area contributed by atoms with Crippen molar-refractivity contribution >= 4 is 11.9 Å². The van der Waals surface area contributed by atoms with Crippen molar-refractivity contribution in [3.63, 3.8) is 0 Å². The van der Waals surface area contributed by atoms with Crippen LogP contribution in [0.3, 0.4) is 0 Å². The minimum Gasteiger partial charge on any atom is -0.481 e. The maximum Gasteiger partial charge on any atom is 0.305 e. The number of hydrogen-bond donors (Lipinski definition) is 1. The van der Waals surface area contributed by atoms with Gasteiger partial charge < -0.3 is 47.7 Å². The van der Waals surface area contributed by atoms with Crippen LogP contribution in [-0.4, -0.2) is 129 Å². The zero-order valence-electron chi connectivity index (χ0n) is 22.5. The third kappa shape index (κ3) is 32.6. The van der Waals surface area contributed by atoms with E-state index >= 15 is 0 Å². The van der Waals surface area contributed by atoms with Crippen LogP contribution in [0.1, 0.15) is 39.0 Å². The molecular weight excluding hydrogens is 492 g/mol. The lowest BCUT2D eigenvalue weighted by Gasteiger charge is -2.09. The predicted molar refractivity (Wildman–Crippen MR) is 134 cm³/mol. The monoisotopic (exact) mass is 540 g/mol. The molecule has 0 atom stereocenters. The Morgan fingerprint density at radius 3 is 1.11 bits per heavy atom. The van der Waals surface area contributed by atoms with E-state index in [-0.39, 0.29) is 25.6 Å². The SMILES string of the molecule is CCCCCC(=O)OCCOCCOCCOCCOCCOCCOCCOCCOCCC(=O)O. The van der Waals surface area contributed by atoms with E-state index in [1.807, 2.05) is 0 Å². The molecule has 0 aromatic rings. The van der Waals surface area contributed by atoms with E-state index in [2.05, 4.69) is 6.92 Å². The molecule has 12 nitrogen and oxygen atoms in total. The molecular formula is C25H48O12. The molecule has 0 aliphatic heterocycles. The van der Waals surface area contributed by atoms with Crippen LogP contribution >= 0.6 is 0 Å². The molecule has 12 heteroatoms. The number of unbranched alkanes of at least 4 members (excludes halogenated alkanes) is 2. The number of carboxylic acids is 1. The average molecular weight is 541 g/mol. The molecule has 0 saturated carbocycles. The number of carbonyl (C=O) groups excluding carboxylic acids is 1. The zero-order chi connectivity index (χ0) is 27.1. The van der Waals surface area contributed by atoms with Gasteiger partial charge in [-0.05, 0) is 6.42 Å². The first-order valence-electron chi connectivity index (χ1n) is 13.2. The van der Waals surface area contributed by atoms with Crippen molar-refractivity contribution in [2.24, 2.45) is 0 Å². The molecule has 0 fully saturated rings. The standard InChI is InChI=1S/C25H48O12/c1-2-3-4-5-25(28)37-23-22-36-21-20-35-19-18-34-17-16-33-15-14-32-13-12-31-11-10-30-9-8-29-7-6-24(26)27/h2-23H2,1H3,(H,26,27). The normalized spacial score (nSPS) is 11.2. The van der Waals surface area contributed by atoms with Gasteiger partial charge in [0.15, 0.2) is 0 Å². The van der Waals surface area contributed by atoms with Crippen LogP contribution in [0.4, 0.5) is 0 Å². The number of ether oxygens (including phenoxy) is 9. The summed E-state index contributed by atoms with van der Waals surface area (Å²) in [5, 5.41) is 8.46. The Hall–Kier alpha value is -1.38. The van der Waals surface area contributed by atoms with Crippen LogP contribution in [0, 0.1) is 0 Å². The van der Waals surface area contributed by atoms with Gasteiger partial charge in [-0.3, -0.25) is 9.59 Å². The molecule has 0 radical (unpaired) electrons. The van der Waals surface area contributed by atoms with E-state index in [9.17, 15) is 9.59 Å². The summed E-state index contributed by atoms with van der Waals surface area (Å²) in [4.78, 5) is 21.7. The molecule has 0 amide bonds. The first-order chi connectivity index (χ1) is 18.2. The van der Waals surface area contributed by atoms with Gasteiger partial charge in [0, 0.05) is 6.42 Å². The maximum atomic E-state index is 11.4. The number of aliphatic carboxylic acids is 1. The topological polar surface area (TPSA) is 137 Å². The second-order valence-electron chi connectivity index (χ2n) is 7.72. The molecule has 0 aliphatic rings. The highest BCUT2D eigenvalue weighted by Gasteiger charge is 2.02. The van der Waals surface area contributed by atoms with Crippen LogP contribution in [0.5, 0.6) is 0 Å².